The molecule has 0 fully saturated rings. The van der Waals surface area contributed by atoms with Crippen LogP contribution in [-0.4, -0.2) is 29.2 Å². The van der Waals surface area contributed by atoms with Gasteiger partial charge in [-0.1, -0.05) is 11.6 Å². The molecule has 0 aromatic heterocycles. The van der Waals surface area contributed by atoms with Crippen LogP contribution in [0.1, 0.15) is 62.7 Å². The van der Waals surface area contributed by atoms with E-state index in [1.54, 1.807) is 0 Å². The lowest BCUT2D eigenvalue weighted by Crippen LogP contribution is -2.39. The third-order valence-electron chi connectivity index (χ3n) is 6.19. The molecule has 39 heavy (non-hydrogen) atoms. The van der Waals surface area contributed by atoms with Gasteiger partial charge < -0.3 is 20.9 Å². The fraction of sp³-hybridized carbons (Fsp3) is 0.192. The summed E-state index contributed by atoms with van der Waals surface area (Å²) < 4.78 is 107. The molecule has 13 heteroatoms. The standard InChI is InChI=1S/C26H18ClF5N4O3/c1-2-36-10-12-7-18(33-23(37)11-5-13(26(30,31)32)8-15(29)6-11)19-20(21(12)35-25(36)39)24(38)34-22(19)16-9-14(28)3-4-17(16)27/h3-9,22H,2,10H2,1H3,(H,33,37)(H,34,38)(H,35,39)/t22-/m1/s1/i1D3,2D2. The van der Waals surface area contributed by atoms with Crippen molar-refractivity contribution in [2.45, 2.75) is 25.6 Å². The van der Waals surface area contributed by atoms with E-state index in [-0.39, 0.29) is 44.7 Å². The number of hydrogen-bond donors (Lipinski definition) is 3. The van der Waals surface area contributed by atoms with Crippen molar-refractivity contribution in [2.75, 3.05) is 17.1 Å². The molecule has 0 saturated heterocycles. The van der Waals surface area contributed by atoms with Crippen LogP contribution >= 0.6 is 11.6 Å². The summed E-state index contributed by atoms with van der Waals surface area (Å²) in [5, 5.41) is 7.15. The molecule has 1 atom stereocenters. The molecular weight excluding hydrogens is 547 g/mol. The Bertz CT molecular complexity index is 1750. The lowest BCUT2D eigenvalue weighted by Gasteiger charge is -2.30. The van der Waals surface area contributed by atoms with E-state index in [9.17, 15) is 36.3 Å². The minimum absolute atomic E-state index is 0.00169. The lowest BCUT2D eigenvalue weighted by molar-refractivity contribution is -0.137. The van der Waals surface area contributed by atoms with Crippen molar-refractivity contribution in [3.63, 3.8) is 0 Å². The van der Waals surface area contributed by atoms with Gasteiger partial charge in [0.1, 0.15) is 11.6 Å². The predicted octanol–water partition coefficient (Wildman–Crippen LogP) is 6.09. The number of nitrogens with zero attached hydrogens (tertiary/aromatic N) is 1. The molecule has 3 N–H and O–H groups in total. The number of nitrogens with one attached hydrogen (secondary N) is 3. The van der Waals surface area contributed by atoms with Crippen LogP contribution < -0.4 is 16.0 Å². The van der Waals surface area contributed by atoms with E-state index in [1.165, 1.54) is 6.07 Å². The Morgan fingerprint density at radius 3 is 2.67 bits per heavy atom. The summed E-state index contributed by atoms with van der Waals surface area (Å²) >= 11 is 6.28. The van der Waals surface area contributed by atoms with Crippen molar-refractivity contribution >= 4 is 40.8 Å². The van der Waals surface area contributed by atoms with Crippen molar-refractivity contribution in [1.82, 2.24) is 10.2 Å². The van der Waals surface area contributed by atoms with Crippen molar-refractivity contribution in [1.29, 1.82) is 0 Å². The number of benzene rings is 3. The smallest absolute Gasteiger partial charge is 0.341 e. The number of halogens is 6. The molecule has 3 aromatic rings. The molecule has 0 aliphatic carbocycles. The van der Waals surface area contributed by atoms with Gasteiger partial charge in [-0.2, -0.15) is 13.2 Å². The Kier molecular flexibility index (Phi) is 5.06. The van der Waals surface area contributed by atoms with Crippen LogP contribution in [0.4, 0.5) is 38.1 Å². The average Bonchev–Trinajstić information content (AvgIpc) is 3.26. The second kappa shape index (κ2) is 9.53. The maximum absolute atomic E-state index is 14.2. The van der Waals surface area contributed by atoms with Gasteiger partial charge in [0.25, 0.3) is 11.8 Å². The average molecular weight is 570 g/mol. The van der Waals surface area contributed by atoms with E-state index in [1.807, 2.05) is 0 Å². The highest BCUT2D eigenvalue weighted by Gasteiger charge is 2.40. The maximum atomic E-state index is 14.2. The highest BCUT2D eigenvalue weighted by molar-refractivity contribution is 6.31. The molecule has 3 aromatic carbocycles. The van der Waals surface area contributed by atoms with E-state index >= 15 is 0 Å². The van der Waals surface area contributed by atoms with Crippen LogP contribution in [0.25, 0.3) is 0 Å². The first-order valence-electron chi connectivity index (χ1n) is 13.5. The molecule has 0 bridgehead atoms. The zero-order valence-electron chi connectivity index (χ0n) is 24.3. The number of alkyl halides is 3. The van der Waals surface area contributed by atoms with Gasteiger partial charge >= 0.3 is 12.2 Å². The summed E-state index contributed by atoms with van der Waals surface area (Å²) in [6, 6.07) is 2.99. The first kappa shape index (κ1) is 20.7. The number of hydrogen-bond acceptors (Lipinski definition) is 3. The third kappa shape index (κ3) is 4.76. The fourth-order valence-corrected chi connectivity index (χ4v) is 4.72. The largest absolute Gasteiger partial charge is 0.416 e. The zero-order chi connectivity index (χ0) is 32.5. The Hall–Kier alpha value is -4.19. The van der Waals surface area contributed by atoms with Gasteiger partial charge in [-0.15, -0.1) is 0 Å². The van der Waals surface area contributed by atoms with Crippen molar-refractivity contribution in [2.24, 2.45) is 0 Å². The molecule has 2 heterocycles. The molecule has 0 saturated carbocycles. The first-order chi connectivity index (χ1) is 20.3. The number of fused-ring (bicyclic) bond motifs is 3. The quantitative estimate of drug-likeness (QED) is 0.332. The highest BCUT2D eigenvalue weighted by atomic mass is 35.5. The molecule has 0 spiro atoms. The van der Waals surface area contributed by atoms with E-state index in [0.717, 1.165) is 18.2 Å². The van der Waals surface area contributed by atoms with Gasteiger partial charge in [0.15, 0.2) is 0 Å². The minimum Gasteiger partial charge on any atom is -0.341 e. The predicted molar refractivity (Wildman–Crippen MR) is 132 cm³/mol. The summed E-state index contributed by atoms with van der Waals surface area (Å²) in [6.07, 6.45) is -5.00. The van der Waals surface area contributed by atoms with E-state index < -0.39 is 72.7 Å². The topological polar surface area (TPSA) is 90.5 Å². The molecule has 2 aliphatic rings. The highest BCUT2D eigenvalue weighted by Crippen LogP contribution is 2.45. The Morgan fingerprint density at radius 2 is 1.95 bits per heavy atom. The van der Waals surface area contributed by atoms with Crippen LogP contribution in [0, 0.1) is 11.6 Å². The van der Waals surface area contributed by atoms with Crippen LogP contribution in [0.2, 0.25) is 5.02 Å². The zero-order valence-corrected chi connectivity index (χ0v) is 20.0. The van der Waals surface area contributed by atoms with E-state index in [2.05, 4.69) is 16.0 Å². The summed E-state index contributed by atoms with van der Waals surface area (Å²) in [5.41, 5.74) is -3.13. The maximum Gasteiger partial charge on any atom is 0.416 e. The Balaban J connectivity index is 1.69. The van der Waals surface area contributed by atoms with Crippen molar-refractivity contribution in [3.8, 4) is 0 Å². The minimum atomic E-state index is -5.00. The summed E-state index contributed by atoms with van der Waals surface area (Å²) in [6.45, 7) is -7.23. The number of anilines is 2. The Labute approximate surface area is 230 Å². The molecule has 7 nitrogen and oxygen atoms in total. The monoisotopic (exact) mass is 569 g/mol. The van der Waals surface area contributed by atoms with Crippen LogP contribution in [0.15, 0.2) is 42.5 Å². The summed E-state index contributed by atoms with van der Waals surface area (Å²) in [4.78, 5) is 39.8. The molecular formula is C26H18ClF5N4O3. The molecule has 4 amide bonds. The number of amides is 4. The second-order valence-electron chi connectivity index (χ2n) is 8.63. The van der Waals surface area contributed by atoms with E-state index in [4.69, 9.17) is 18.5 Å². The normalized spacial score (nSPS) is 19.0. The summed E-state index contributed by atoms with van der Waals surface area (Å²) in [5.74, 6) is -4.25. The lowest BCUT2D eigenvalue weighted by atomic mass is 9.92. The van der Waals surface area contributed by atoms with Gasteiger partial charge in [-0.3, -0.25) is 9.59 Å². The SMILES string of the molecule is [2H]C([2H])([2H])C([2H])([2H])N1Cc2cc(NC(=O)c3cc(F)cc(C(F)(F)F)c3)c3c(c2NC1=O)C(=O)N[C@@H]3c1cc(F)ccc1Cl. The molecule has 0 unspecified atom stereocenters. The van der Waals surface area contributed by atoms with Gasteiger partial charge in [0.05, 0.1) is 22.9 Å². The molecule has 5 rings (SSSR count). The Morgan fingerprint density at radius 1 is 1.18 bits per heavy atom. The van der Waals surface area contributed by atoms with Crippen LogP contribution in [0.5, 0.6) is 0 Å². The first-order valence-corrected chi connectivity index (χ1v) is 11.4. The second-order valence-corrected chi connectivity index (χ2v) is 9.04. The van der Waals surface area contributed by atoms with Gasteiger partial charge in [0.2, 0.25) is 0 Å². The number of urea groups is 1. The van der Waals surface area contributed by atoms with Crippen LogP contribution in [-0.2, 0) is 12.7 Å². The summed E-state index contributed by atoms with van der Waals surface area (Å²) in [7, 11) is 0. The molecule has 202 valence electrons. The van der Waals surface area contributed by atoms with Crippen molar-refractivity contribution < 1.29 is 43.2 Å². The van der Waals surface area contributed by atoms with E-state index in [0.29, 0.717) is 17.0 Å². The van der Waals surface area contributed by atoms with Crippen LogP contribution in [0.3, 0.4) is 0 Å². The molecule has 2 aliphatic heterocycles. The number of carbonyl (C=O) groups is 3. The molecule has 0 radical (unpaired) electrons. The fourth-order valence-electron chi connectivity index (χ4n) is 4.49. The number of carbonyl (C=O) groups excluding carboxylic acids is 3. The van der Waals surface area contributed by atoms with Gasteiger partial charge in [-0.25, -0.2) is 13.6 Å². The third-order valence-corrected chi connectivity index (χ3v) is 6.53. The van der Waals surface area contributed by atoms with Gasteiger partial charge in [-0.05, 0) is 54.9 Å². The number of rotatable bonds is 4. The van der Waals surface area contributed by atoms with Gasteiger partial charge in [0, 0.05) is 47.3 Å². The van der Waals surface area contributed by atoms with Crippen molar-refractivity contribution in [3.05, 3.63) is 92.5 Å².